The van der Waals surface area contributed by atoms with E-state index in [0.717, 1.165) is 16.8 Å². The van der Waals surface area contributed by atoms with Crippen molar-refractivity contribution < 1.29 is 19.4 Å². The van der Waals surface area contributed by atoms with Gasteiger partial charge in [0.25, 0.3) is 11.8 Å². The summed E-state index contributed by atoms with van der Waals surface area (Å²) in [5, 5.41) is 11.1. The standard InChI is InChI=1S/C19H15BrN2O4S2/c1-2-26-14-9-11(8-13(20)16(14)23)10-15-18(25)22(19(27)28-15)21-17(24)12-6-4-3-5-7-12/h3-10,23H,2H2,1H3,(H,21,24)/b15-10-. The second-order valence-corrected chi connectivity index (χ2v) is 8.14. The molecule has 0 atom stereocenters. The maximum Gasteiger partial charge on any atom is 0.285 e. The fraction of sp³-hybridized carbons (Fsp3) is 0.105. The normalized spacial score (nSPS) is 15.2. The van der Waals surface area contributed by atoms with E-state index in [1.54, 1.807) is 55.5 Å². The number of nitrogens with one attached hydrogen (secondary N) is 1. The Kier molecular flexibility index (Phi) is 6.38. The summed E-state index contributed by atoms with van der Waals surface area (Å²) in [6.45, 7) is 2.19. The molecule has 1 heterocycles. The van der Waals surface area contributed by atoms with E-state index in [-0.39, 0.29) is 10.1 Å². The van der Waals surface area contributed by atoms with E-state index in [1.165, 1.54) is 0 Å². The maximum absolute atomic E-state index is 12.7. The molecule has 0 spiro atoms. The van der Waals surface area contributed by atoms with Gasteiger partial charge in [-0.15, -0.1) is 0 Å². The van der Waals surface area contributed by atoms with E-state index in [4.69, 9.17) is 17.0 Å². The highest BCUT2D eigenvalue weighted by Gasteiger charge is 2.33. The highest BCUT2D eigenvalue weighted by Crippen LogP contribution is 2.38. The number of hydrogen-bond donors (Lipinski definition) is 2. The van der Waals surface area contributed by atoms with Crippen molar-refractivity contribution in [2.24, 2.45) is 0 Å². The molecule has 2 aromatic rings. The predicted molar refractivity (Wildman–Crippen MR) is 116 cm³/mol. The SMILES string of the molecule is CCOc1cc(/C=C2\SC(=S)N(NC(=O)c3ccccc3)C2=O)cc(Br)c1O. The zero-order valence-electron chi connectivity index (χ0n) is 14.6. The van der Waals surface area contributed by atoms with Crippen LogP contribution in [0.15, 0.2) is 51.8 Å². The molecule has 1 fully saturated rings. The zero-order chi connectivity index (χ0) is 20.3. The summed E-state index contributed by atoms with van der Waals surface area (Å²) in [7, 11) is 0. The molecule has 0 saturated carbocycles. The largest absolute Gasteiger partial charge is 0.503 e. The van der Waals surface area contributed by atoms with Gasteiger partial charge in [0, 0.05) is 5.56 Å². The van der Waals surface area contributed by atoms with Crippen LogP contribution in [0.3, 0.4) is 0 Å². The van der Waals surface area contributed by atoms with Gasteiger partial charge in [0.1, 0.15) is 0 Å². The molecule has 2 amide bonds. The summed E-state index contributed by atoms with van der Waals surface area (Å²) in [4.78, 5) is 25.3. The molecule has 0 radical (unpaired) electrons. The molecule has 1 saturated heterocycles. The quantitative estimate of drug-likeness (QED) is 0.497. The Balaban J connectivity index is 1.82. The molecule has 0 aromatic heterocycles. The molecule has 0 unspecified atom stereocenters. The van der Waals surface area contributed by atoms with Gasteiger partial charge in [0.15, 0.2) is 15.8 Å². The summed E-state index contributed by atoms with van der Waals surface area (Å²) in [5.41, 5.74) is 3.59. The van der Waals surface area contributed by atoms with E-state index in [1.807, 2.05) is 0 Å². The summed E-state index contributed by atoms with van der Waals surface area (Å²) in [6, 6.07) is 11.8. The van der Waals surface area contributed by atoms with Crippen LogP contribution in [0.25, 0.3) is 6.08 Å². The third-order valence-electron chi connectivity index (χ3n) is 3.69. The van der Waals surface area contributed by atoms with E-state index < -0.39 is 11.8 Å². The Hall–Kier alpha value is -2.36. The van der Waals surface area contributed by atoms with Crippen LogP contribution in [0, 0.1) is 0 Å². The Morgan fingerprint density at radius 3 is 2.75 bits per heavy atom. The minimum atomic E-state index is -0.429. The number of benzene rings is 2. The summed E-state index contributed by atoms with van der Waals surface area (Å²) in [5.74, 6) is -0.566. The predicted octanol–water partition coefficient (Wildman–Crippen LogP) is 4.10. The fourth-order valence-electron chi connectivity index (χ4n) is 2.41. The molecule has 9 heteroatoms. The number of nitrogens with zero attached hydrogens (tertiary/aromatic N) is 1. The van der Waals surface area contributed by atoms with Gasteiger partial charge in [-0.2, -0.15) is 5.01 Å². The number of hydrogen-bond acceptors (Lipinski definition) is 6. The molecule has 1 aliphatic rings. The van der Waals surface area contributed by atoms with Gasteiger partial charge in [-0.3, -0.25) is 15.0 Å². The average Bonchev–Trinajstić information content (AvgIpc) is 2.94. The van der Waals surface area contributed by atoms with Crippen molar-refractivity contribution in [1.82, 2.24) is 10.4 Å². The number of carbonyl (C=O) groups is 2. The van der Waals surface area contributed by atoms with Crippen LogP contribution in [-0.2, 0) is 4.79 Å². The molecule has 2 N–H and O–H groups in total. The lowest BCUT2D eigenvalue weighted by atomic mass is 10.2. The number of rotatable bonds is 5. The highest BCUT2D eigenvalue weighted by molar-refractivity contribution is 9.10. The second-order valence-electron chi connectivity index (χ2n) is 5.61. The van der Waals surface area contributed by atoms with Crippen molar-refractivity contribution in [3.63, 3.8) is 0 Å². The lowest BCUT2D eigenvalue weighted by Crippen LogP contribution is -2.44. The number of phenols is 1. The lowest BCUT2D eigenvalue weighted by Gasteiger charge is -2.15. The molecule has 1 aliphatic heterocycles. The van der Waals surface area contributed by atoms with Crippen LogP contribution in [0.5, 0.6) is 11.5 Å². The maximum atomic E-state index is 12.7. The molecule has 3 rings (SSSR count). The van der Waals surface area contributed by atoms with Gasteiger partial charge in [0.05, 0.1) is 16.0 Å². The van der Waals surface area contributed by atoms with E-state index in [0.29, 0.717) is 32.9 Å². The van der Waals surface area contributed by atoms with Crippen molar-refractivity contribution >= 4 is 62.1 Å². The van der Waals surface area contributed by atoms with Crippen LogP contribution in [-0.4, -0.2) is 32.9 Å². The first-order valence-corrected chi connectivity index (χ1v) is 10.2. The van der Waals surface area contributed by atoms with E-state index in [9.17, 15) is 14.7 Å². The minimum Gasteiger partial charge on any atom is -0.503 e. The van der Waals surface area contributed by atoms with Gasteiger partial charge in [-0.25, -0.2) is 0 Å². The van der Waals surface area contributed by atoms with Crippen LogP contribution in [0.4, 0.5) is 0 Å². The highest BCUT2D eigenvalue weighted by atomic mass is 79.9. The number of thioether (sulfide) groups is 1. The number of amides is 2. The summed E-state index contributed by atoms with van der Waals surface area (Å²) in [6.07, 6.45) is 1.63. The number of thiocarbonyl (C=S) groups is 1. The van der Waals surface area contributed by atoms with Crippen molar-refractivity contribution in [3.8, 4) is 11.5 Å². The monoisotopic (exact) mass is 478 g/mol. The van der Waals surface area contributed by atoms with Crippen LogP contribution in [0.2, 0.25) is 0 Å². The fourth-order valence-corrected chi connectivity index (χ4v) is 4.05. The van der Waals surface area contributed by atoms with Gasteiger partial charge in [-0.1, -0.05) is 30.0 Å². The van der Waals surface area contributed by atoms with E-state index in [2.05, 4.69) is 21.4 Å². The molecule has 0 aliphatic carbocycles. The first kappa shape index (κ1) is 20.4. The van der Waals surface area contributed by atoms with Crippen molar-refractivity contribution in [2.45, 2.75) is 6.92 Å². The number of aromatic hydroxyl groups is 1. The Bertz CT molecular complexity index is 979. The zero-order valence-corrected chi connectivity index (χ0v) is 17.9. The van der Waals surface area contributed by atoms with Crippen LogP contribution < -0.4 is 10.2 Å². The third-order valence-corrected chi connectivity index (χ3v) is 5.60. The van der Waals surface area contributed by atoms with Crippen molar-refractivity contribution in [2.75, 3.05) is 6.61 Å². The van der Waals surface area contributed by atoms with Gasteiger partial charge in [0.2, 0.25) is 0 Å². The minimum absolute atomic E-state index is 0.0123. The van der Waals surface area contributed by atoms with Crippen LogP contribution in [0.1, 0.15) is 22.8 Å². The van der Waals surface area contributed by atoms with Gasteiger partial charge >= 0.3 is 0 Å². The molecule has 0 bridgehead atoms. The number of hydrazine groups is 1. The second kappa shape index (κ2) is 8.76. The smallest absolute Gasteiger partial charge is 0.285 e. The number of halogens is 1. The van der Waals surface area contributed by atoms with E-state index >= 15 is 0 Å². The number of carbonyl (C=O) groups excluding carboxylic acids is 2. The summed E-state index contributed by atoms with van der Waals surface area (Å²) < 4.78 is 6.07. The topological polar surface area (TPSA) is 78.9 Å². The number of ether oxygens (including phenoxy) is 1. The average molecular weight is 479 g/mol. The number of phenolic OH excluding ortho intramolecular Hbond substituents is 1. The molecule has 28 heavy (non-hydrogen) atoms. The summed E-state index contributed by atoms with van der Waals surface area (Å²) >= 11 is 9.58. The van der Waals surface area contributed by atoms with Crippen molar-refractivity contribution in [1.29, 1.82) is 0 Å². The Morgan fingerprint density at radius 2 is 2.07 bits per heavy atom. The molecular weight excluding hydrogens is 464 g/mol. The lowest BCUT2D eigenvalue weighted by molar-refractivity contribution is -0.123. The van der Waals surface area contributed by atoms with Crippen molar-refractivity contribution in [3.05, 3.63) is 63.0 Å². The Labute approximate surface area is 179 Å². The molecule has 2 aromatic carbocycles. The first-order chi connectivity index (χ1) is 13.4. The molecule has 144 valence electrons. The van der Waals surface area contributed by atoms with Crippen LogP contribution >= 0.6 is 39.9 Å². The van der Waals surface area contributed by atoms with Gasteiger partial charge < -0.3 is 9.84 Å². The Morgan fingerprint density at radius 1 is 1.36 bits per heavy atom. The third kappa shape index (κ3) is 4.37. The molecular formula is C19H15BrN2O4S2. The first-order valence-electron chi connectivity index (χ1n) is 8.20. The van der Waals surface area contributed by atoms with Gasteiger partial charge in [-0.05, 0) is 71.0 Å². The molecule has 6 nitrogen and oxygen atoms in total.